The zero-order valence-corrected chi connectivity index (χ0v) is 20.7. The topological polar surface area (TPSA) is 55.1 Å². The van der Waals surface area contributed by atoms with Gasteiger partial charge in [-0.15, -0.1) is 0 Å². The number of thiocarbonyl (C=S) groups is 1. The third kappa shape index (κ3) is 3.37. The molecular weight excluding hydrogens is 460 g/mol. The molecule has 0 spiro atoms. The molecule has 2 aromatic carbocycles. The number of hydrogen-bond donors (Lipinski definition) is 1. The standard InChI is InChI=1S/C28H26N2O2S2/c1-15-29-25-22(28-12-17-5-18(13-28)7-19(6-17)14-28)10-21(11-23(25)32-15)20-4-2-3-16(8-20)9-24-26(31)30-27(33)34-24/h2-4,8-11,17-19H,5-7,12-14H2,1H3,(H,30,31,33)/b24-9+. The minimum atomic E-state index is -0.122. The summed E-state index contributed by atoms with van der Waals surface area (Å²) in [6.07, 6.45) is 10.1. The highest BCUT2D eigenvalue weighted by molar-refractivity contribution is 8.26. The first-order chi connectivity index (χ1) is 16.4. The number of carbonyl (C=O) groups is 1. The molecule has 3 aromatic rings. The smallest absolute Gasteiger partial charge is 0.263 e. The second-order valence-electron chi connectivity index (χ2n) is 10.8. The van der Waals surface area contributed by atoms with Crippen LogP contribution in [0.3, 0.4) is 0 Å². The van der Waals surface area contributed by atoms with Gasteiger partial charge in [-0.3, -0.25) is 4.79 Å². The van der Waals surface area contributed by atoms with E-state index < -0.39 is 0 Å². The largest absolute Gasteiger partial charge is 0.441 e. The van der Waals surface area contributed by atoms with Crippen molar-refractivity contribution in [3.8, 4) is 11.1 Å². The highest BCUT2D eigenvalue weighted by atomic mass is 32.2. The van der Waals surface area contributed by atoms with Crippen LogP contribution in [0.4, 0.5) is 0 Å². The van der Waals surface area contributed by atoms with E-state index in [0.29, 0.717) is 9.23 Å². The van der Waals surface area contributed by atoms with Crippen molar-refractivity contribution in [3.05, 3.63) is 58.3 Å². The normalized spacial score (nSPS) is 31.1. The molecule has 4 saturated carbocycles. The van der Waals surface area contributed by atoms with Crippen LogP contribution in [-0.4, -0.2) is 15.2 Å². The highest BCUT2D eigenvalue weighted by Crippen LogP contribution is 2.61. The Morgan fingerprint density at radius 2 is 1.82 bits per heavy atom. The summed E-state index contributed by atoms with van der Waals surface area (Å²) >= 11 is 6.45. The van der Waals surface area contributed by atoms with E-state index in [1.165, 1.54) is 55.9 Å². The molecule has 1 aliphatic heterocycles. The van der Waals surface area contributed by atoms with E-state index in [1.807, 2.05) is 19.1 Å². The molecule has 6 heteroatoms. The first-order valence-electron chi connectivity index (χ1n) is 12.2. The van der Waals surface area contributed by atoms with Crippen LogP contribution in [0.25, 0.3) is 28.3 Å². The van der Waals surface area contributed by atoms with Gasteiger partial charge in [-0.05, 0) is 108 Å². The van der Waals surface area contributed by atoms with Crippen molar-refractivity contribution in [3.63, 3.8) is 0 Å². The van der Waals surface area contributed by atoms with Crippen molar-refractivity contribution in [2.75, 3.05) is 0 Å². The summed E-state index contributed by atoms with van der Waals surface area (Å²) in [5.41, 5.74) is 6.87. The predicted octanol–water partition coefficient (Wildman–Crippen LogP) is 6.76. The zero-order valence-electron chi connectivity index (χ0n) is 19.1. The molecule has 172 valence electrons. The summed E-state index contributed by atoms with van der Waals surface area (Å²) in [6.45, 7) is 1.95. The molecule has 5 aliphatic rings. The van der Waals surface area contributed by atoms with Gasteiger partial charge >= 0.3 is 0 Å². The Morgan fingerprint density at radius 1 is 1.09 bits per heavy atom. The third-order valence-electron chi connectivity index (χ3n) is 8.37. The minimum absolute atomic E-state index is 0.122. The van der Waals surface area contributed by atoms with E-state index >= 15 is 0 Å². The number of nitrogens with one attached hydrogen (secondary N) is 1. The Balaban J connectivity index is 1.34. The van der Waals surface area contributed by atoms with Crippen molar-refractivity contribution in [2.24, 2.45) is 17.8 Å². The summed E-state index contributed by atoms with van der Waals surface area (Å²) in [5.74, 6) is 3.22. The number of rotatable bonds is 3. The fourth-order valence-electron chi connectivity index (χ4n) is 7.53. The van der Waals surface area contributed by atoms with Crippen molar-refractivity contribution >= 4 is 51.4 Å². The summed E-state index contributed by atoms with van der Waals surface area (Å²) in [5, 5.41) is 2.69. The summed E-state index contributed by atoms with van der Waals surface area (Å²) in [4.78, 5) is 17.6. The molecule has 0 radical (unpaired) electrons. The van der Waals surface area contributed by atoms with Crippen molar-refractivity contribution in [1.82, 2.24) is 10.3 Å². The number of aryl methyl sites for hydroxylation is 1. The van der Waals surface area contributed by atoms with Gasteiger partial charge in [0, 0.05) is 6.92 Å². The average Bonchev–Trinajstić information content (AvgIpc) is 3.32. The van der Waals surface area contributed by atoms with Gasteiger partial charge in [-0.1, -0.05) is 42.2 Å². The molecule has 5 fully saturated rings. The van der Waals surface area contributed by atoms with E-state index in [2.05, 4.69) is 35.6 Å². The van der Waals surface area contributed by atoms with Crippen LogP contribution < -0.4 is 5.32 Å². The lowest BCUT2D eigenvalue weighted by Gasteiger charge is -2.57. The fraction of sp³-hybridized carbons (Fsp3) is 0.393. The molecule has 1 aromatic heterocycles. The first-order valence-corrected chi connectivity index (χ1v) is 13.4. The van der Waals surface area contributed by atoms with E-state index in [1.54, 1.807) is 0 Å². The van der Waals surface area contributed by atoms with Gasteiger partial charge in [-0.2, -0.15) is 0 Å². The van der Waals surface area contributed by atoms with Gasteiger partial charge in [0.15, 0.2) is 11.5 Å². The summed E-state index contributed by atoms with van der Waals surface area (Å²) in [7, 11) is 0. The maximum absolute atomic E-state index is 12.1. The number of nitrogens with zero attached hydrogens (tertiary/aromatic N) is 1. The lowest BCUT2D eigenvalue weighted by atomic mass is 9.48. The lowest BCUT2D eigenvalue weighted by molar-refractivity contribution is -0.115. The maximum atomic E-state index is 12.1. The number of benzene rings is 2. The van der Waals surface area contributed by atoms with Gasteiger partial charge in [-0.25, -0.2) is 4.98 Å². The van der Waals surface area contributed by atoms with Crippen LogP contribution in [0.15, 0.2) is 45.7 Å². The number of amides is 1. The molecule has 8 rings (SSSR count). The van der Waals surface area contributed by atoms with Crippen LogP contribution in [0, 0.1) is 24.7 Å². The molecule has 2 heterocycles. The lowest BCUT2D eigenvalue weighted by Crippen LogP contribution is -2.48. The zero-order chi connectivity index (χ0) is 23.0. The second-order valence-corrected chi connectivity index (χ2v) is 12.5. The number of carbonyl (C=O) groups excluding carboxylic acids is 1. The van der Waals surface area contributed by atoms with E-state index in [0.717, 1.165) is 51.4 Å². The number of thioether (sulfide) groups is 1. The van der Waals surface area contributed by atoms with Crippen molar-refractivity contribution < 1.29 is 9.21 Å². The minimum Gasteiger partial charge on any atom is -0.441 e. The van der Waals surface area contributed by atoms with E-state index in [4.69, 9.17) is 21.6 Å². The number of fused-ring (bicyclic) bond motifs is 1. The average molecular weight is 487 g/mol. The van der Waals surface area contributed by atoms with Crippen LogP contribution in [-0.2, 0) is 10.2 Å². The SMILES string of the molecule is Cc1nc2c(C34CC5CC(CC(C5)C3)C4)cc(-c3cccc(/C=C4/SC(=S)NC4=O)c3)cc2o1. The second kappa shape index (κ2) is 7.53. The number of aromatic nitrogens is 1. The highest BCUT2D eigenvalue weighted by Gasteiger charge is 2.52. The Bertz CT molecular complexity index is 1370. The molecule has 1 saturated heterocycles. The van der Waals surface area contributed by atoms with Gasteiger partial charge in [0.25, 0.3) is 5.91 Å². The van der Waals surface area contributed by atoms with E-state index in [9.17, 15) is 4.79 Å². The maximum Gasteiger partial charge on any atom is 0.263 e. The Labute approximate surface area is 208 Å². The molecule has 1 N–H and O–H groups in total. The predicted molar refractivity (Wildman–Crippen MR) is 140 cm³/mol. The molecule has 1 amide bonds. The van der Waals surface area contributed by atoms with E-state index in [-0.39, 0.29) is 11.3 Å². The van der Waals surface area contributed by atoms with Crippen LogP contribution in [0.1, 0.15) is 55.5 Å². The molecule has 4 bridgehead atoms. The van der Waals surface area contributed by atoms with Crippen molar-refractivity contribution in [2.45, 2.75) is 50.9 Å². The Morgan fingerprint density at radius 3 is 2.50 bits per heavy atom. The van der Waals surface area contributed by atoms with Crippen LogP contribution >= 0.6 is 24.0 Å². The van der Waals surface area contributed by atoms with Crippen molar-refractivity contribution in [1.29, 1.82) is 0 Å². The quantitative estimate of drug-likeness (QED) is 0.327. The Hall–Kier alpha value is -2.44. The fourth-order valence-corrected chi connectivity index (χ4v) is 8.58. The summed E-state index contributed by atoms with van der Waals surface area (Å²) in [6, 6.07) is 12.9. The molecule has 0 unspecified atom stereocenters. The molecule has 0 atom stereocenters. The van der Waals surface area contributed by atoms with Gasteiger partial charge in [0.1, 0.15) is 9.84 Å². The monoisotopic (exact) mass is 486 g/mol. The van der Waals surface area contributed by atoms with Crippen LogP contribution in [0.2, 0.25) is 0 Å². The van der Waals surface area contributed by atoms with Gasteiger partial charge in [0.2, 0.25) is 0 Å². The number of oxazole rings is 1. The Kier molecular flexibility index (Phi) is 4.63. The number of hydrogen-bond acceptors (Lipinski definition) is 5. The molecule has 34 heavy (non-hydrogen) atoms. The molecule has 4 nitrogen and oxygen atoms in total. The molecular formula is C28H26N2O2S2. The van der Waals surface area contributed by atoms with Gasteiger partial charge in [0.05, 0.1) is 4.91 Å². The van der Waals surface area contributed by atoms with Gasteiger partial charge < -0.3 is 9.73 Å². The molecule has 4 aliphatic carbocycles. The summed E-state index contributed by atoms with van der Waals surface area (Å²) < 4.78 is 6.62. The van der Waals surface area contributed by atoms with Crippen LogP contribution in [0.5, 0.6) is 0 Å². The first kappa shape index (κ1) is 20.9. The third-order valence-corrected chi connectivity index (χ3v) is 9.53.